The molecule has 0 aromatic rings. The number of nitrogens with two attached hydrogens (primary N) is 1. The van der Waals surface area contributed by atoms with Crippen molar-refractivity contribution < 1.29 is 32.3 Å². The molecule has 2 saturated heterocycles. The third-order valence-corrected chi connectivity index (χ3v) is 8.24. The van der Waals surface area contributed by atoms with Crippen LogP contribution in [0.1, 0.15) is 47.5 Å². The van der Waals surface area contributed by atoms with Gasteiger partial charge in [-0.25, -0.2) is 0 Å². The molecule has 1 aliphatic carbocycles. The van der Waals surface area contributed by atoms with E-state index in [1.165, 1.54) is 20.8 Å². The van der Waals surface area contributed by atoms with Gasteiger partial charge >= 0.3 is 12.1 Å². The van der Waals surface area contributed by atoms with E-state index in [4.69, 9.17) is 5.73 Å². The zero-order valence-electron chi connectivity index (χ0n) is 20.5. The fourth-order valence-electron chi connectivity index (χ4n) is 6.45. The van der Waals surface area contributed by atoms with E-state index >= 15 is 0 Å². The molecule has 2 aliphatic heterocycles. The molecule has 0 aromatic carbocycles. The highest BCUT2D eigenvalue weighted by Gasteiger charge is 2.83. The average molecular weight is 500 g/mol. The smallest absolute Gasteiger partial charge is 0.368 e. The highest BCUT2D eigenvalue weighted by atomic mass is 19.4. The lowest BCUT2D eigenvalue weighted by Gasteiger charge is -2.40. The van der Waals surface area contributed by atoms with Crippen molar-refractivity contribution in [2.75, 3.05) is 13.1 Å². The number of hydrogen-bond acceptors (Lipinski definition) is 5. The van der Waals surface area contributed by atoms with Crippen molar-refractivity contribution in [2.24, 2.45) is 39.7 Å². The first-order valence-corrected chi connectivity index (χ1v) is 11.6. The number of halogens is 3. The van der Waals surface area contributed by atoms with Gasteiger partial charge in [0.15, 0.2) is 0 Å². The molecular weight excluding hydrogens is 467 g/mol. The molecule has 0 radical (unpaired) electrons. The number of hydrogen-bond donors (Lipinski definition) is 3. The molecule has 0 spiro atoms. The lowest BCUT2D eigenvalue weighted by Crippen LogP contribution is -2.61. The third-order valence-electron chi connectivity index (χ3n) is 8.24. The monoisotopic (exact) mass is 499 g/mol. The molecule has 1 saturated carbocycles. The summed E-state index contributed by atoms with van der Waals surface area (Å²) in [7, 11) is 0. The van der Waals surface area contributed by atoms with Crippen molar-refractivity contribution in [1.29, 1.82) is 5.26 Å². The van der Waals surface area contributed by atoms with Gasteiger partial charge in [0.1, 0.15) is 12.1 Å². The molecule has 3 unspecified atom stereocenters. The van der Waals surface area contributed by atoms with E-state index in [-0.39, 0.29) is 24.8 Å². The van der Waals surface area contributed by atoms with Gasteiger partial charge in [-0.05, 0) is 29.6 Å². The highest BCUT2D eigenvalue weighted by Crippen LogP contribution is 2.78. The normalized spacial score (nSPS) is 31.1. The molecular formula is C23H32F3N5O4. The number of nitrogens with zero attached hydrogens (tertiary/aromatic N) is 2. The summed E-state index contributed by atoms with van der Waals surface area (Å²) in [4.78, 5) is 51.4. The lowest BCUT2D eigenvalue weighted by atomic mass is 9.73. The van der Waals surface area contributed by atoms with E-state index in [1.54, 1.807) is 5.32 Å². The molecule has 0 aromatic heterocycles. The van der Waals surface area contributed by atoms with Crippen LogP contribution in [-0.4, -0.2) is 59.9 Å². The minimum atomic E-state index is -5.20. The summed E-state index contributed by atoms with van der Waals surface area (Å²) in [6.45, 7) is 8.71. The zero-order chi connectivity index (χ0) is 26.7. The Morgan fingerprint density at radius 1 is 1.29 bits per heavy atom. The number of piperidine rings is 1. The Morgan fingerprint density at radius 2 is 1.89 bits per heavy atom. The number of primary amides is 1. The van der Waals surface area contributed by atoms with Crippen molar-refractivity contribution in [2.45, 2.75) is 65.7 Å². The second-order valence-electron chi connectivity index (χ2n) is 11.5. The van der Waals surface area contributed by atoms with E-state index < -0.39 is 64.1 Å². The standard InChI is InChI=1S/C23H32F3N5O4/c1-20(2,3)14(30-19(35)23(24,25)26)18(34)31-10-13-21(4,5)22(13,15(31)16(28)32)12(9-27)8-11-6-7-29-17(11)33/h11-15H,6-8,10H2,1-5H3,(H2,28,32)(H,29,33)(H,30,35)/t11-,12+,13?,14-,15?,22?/m1/s1. The van der Waals surface area contributed by atoms with Gasteiger partial charge in [0.05, 0.1) is 12.0 Å². The molecule has 4 N–H and O–H groups in total. The number of nitriles is 1. The number of alkyl halides is 3. The second-order valence-corrected chi connectivity index (χ2v) is 11.5. The minimum Gasteiger partial charge on any atom is -0.368 e. The summed E-state index contributed by atoms with van der Waals surface area (Å²) < 4.78 is 38.9. The van der Waals surface area contributed by atoms with Gasteiger partial charge in [0.25, 0.3) is 0 Å². The maximum absolute atomic E-state index is 13.6. The Bertz CT molecular complexity index is 983. The van der Waals surface area contributed by atoms with E-state index in [1.807, 2.05) is 13.8 Å². The number of rotatable bonds is 6. The van der Waals surface area contributed by atoms with Crippen LogP contribution < -0.4 is 16.4 Å². The van der Waals surface area contributed by atoms with Crippen molar-refractivity contribution in [3.63, 3.8) is 0 Å². The number of carbonyl (C=O) groups excluding carboxylic acids is 4. The molecule has 3 fully saturated rings. The van der Waals surface area contributed by atoms with Gasteiger partial charge in [0.2, 0.25) is 17.7 Å². The Kier molecular flexibility index (Phi) is 6.41. The van der Waals surface area contributed by atoms with Gasteiger partial charge < -0.3 is 21.3 Å². The molecule has 3 rings (SSSR count). The topological polar surface area (TPSA) is 145 Å². The molecule has 4 amide bonds. The minimum absolute atomic E-state index is 0.00293. The predicted molar refractivity (Wildman–Crippen MR) is 117 cm³/mol. The Morgan fingerprint density at radius 3 is 2.31 bits per heavy atom. The molecule has 3 aliphatic rings. The first-order chi connectivity index (χ1) is 15.9. The van der Waals surface area contributed by atoms with Crippen LogP contribution in [0.3, 0.4) is 0 Å². The zero-order valence-corrected chi connectivity index (χ0v) is 20.5. The van der Waals surface area contributed by atoms with Crippen LogP contribution in [0, 0.1) is 45.3 Å². The summed E-state index contributed by atoms with van der Waals surface area (Å²) in [6.07, 6.45) is -4.48. The number of likely N-dealkylation sites (tertiary alicyclic amines) is 1. The number of nitrogens with one attached hydrogen (secondary N) is 2. The number of amides is 4. The largest absolute Gasteiger partial charge is 0.471 e. The Balaban J connectivity index is 1.98. The molecule has 2 heterocycles. The fourth-order valence-corrected chi connectivity index (χ4v) is 6.45. The van der Waals surface area contributed by atoms with E-state index in [0.29, 0.717) is 13.0 Å². The van der Waals surface area contributed by atoms with Gasteiger partial charge in [-0.3, -0.25) is 19.2 Å². The van der Waals surface area contributed by atoms with Gasteiger partial charge in [-0.1, -0.05) is 34.6 Å². The Labute approximate surface area is 201 Å². The molecule has 0 bridgehead atoms. The van der Waals surface area contributed by atoms with Crippen LogP contribution in [0.4, 0.5) is 13.2 Å². The summed E-state index contributed by atoms with van der Waals surface area (Å²) in [5.41, 5.74) is 3.02. The van der Waals surface area contributed by atoms with Crippen molar-refractivity contribution in [3.05, 3.63) is 0 Å². The molecule has 9 nitrogen and oxygen atoms in total. The summed E-state index contributed by atoms with van der Waals surface area (Å²) in [5.74, 6) is -5.72. The maximum Gasteiger partial charge on any atom is 0.471 e. The summed E-state index contributed by atoms with van der Waals surface area (Å²) in [6, 6.07) is -0.612. The van der Waals surface area contributed by atoms with Crippen LogP contribution in [0.5, 0.6) is 0 Å². The number of fused-ring (bicyclic) bond motifs is 1. The second kappa shape index (κ2) is 8.38. The van der Waals surface area contributed by atoms with Gasteiger partial charge in [0, 0.05) is 24.4 Å². The summed E-state index contributed by atoms with van der Waals surface area (Å²) >= 11 is 0. The van der Waals surface area contributed by atoms with Crippen LogP contribution in [0.25, 0.3) is 0 Å². The van der Waals surface area contributed by atoms with Crippen LogP contribution in [0.15, 0.2) is 0 Å². The first kappa shape index (κ1) is 26.8. The van der Waals surface area contributed by atoms with Crippen LogP contribution in [-0.2, 0) is 19.2 Å². The third kappa shape index (κ3) is 4.12. The van der Waals surface area contributed by atoms with Crippen molar-refractivity contribution >= 4 is 23.6 Å². The molecule has 194 valence electrons. The van der Waals surface area contributed by atoms with Crippen molar-refractivity contribution in [1.82, 2.24) is 15.5 Å². The van der Waals surface area contributed by atoms with Crippen molar-refractivity contribution in [3.8, 4) is 6.07 Å². The Hall–Kier alpha value is -2.84. The van der Waals surface area contributed by atoms with Gasteiger partial charge in [-0.2, -0.15) is 18.4 Å². The van der Waals surface area contributed by atoms with Crippen LogP contribution in [0.2, 0.25) is 0 Å². The van der Waals surface area contributed by atoms with Crippen LogP contribution >= 0.6 is 0 Å². The quantitative estimate of drug-likeness (QED) is 0.501. The first-order valence-electron chi connectivity index (χ1n) is 11.6. The highest BCUT2D eigenvalue weighted by molar-refractivity contribution is 5.95. The summed E-state index contributed by atoms with van der Waals surface area (Å²) in [5, 5.41) is 14.6. The SMILES string of the molecule is CC(C)(C)[C@H](NC(=O)C(F)(F)F)C(=O)N1CC2C(C)(C)C2([C@H](C#N)C[C@H]2CCNC2=O)C1C(N)=O. The maximum atomic E-state index is 13.6. The predicted octanol–water partition coefficient (Wildman–Crippen LogP) is 1.08. The number of carbonyl (C=O) groups is 4. The molecule has 35 heavy (non-hydrogen) atoms. The van der Waals surface area contributed by atoms with E-state index in [0.717, 1.165) is 4.90 Å². The molecule has 12 heteroatoms. The average Bonchev–Trinajstić information content (AvgIpc) is 3.08. The molecule has 6 atom stereocenters. The van der Waals surface area contributed by atoms with E-state index in [2.05, 4.69) is 11.4 Å². The van der Waals surface area contributed by atoms with E-state index in [9.17, 15) is 37.6 Å². The van der Waals surface area contributed by atoms with Gasteiger partial charge in [-0.15, -0.1) is 0 Å². The fraction of sp³-hybridized carbons (Fsp3) is 0.783. The lowest BCUT2D eigenvalue weighted by molar-refractivity contribution is -0.176.